The van der Waals surface area contributed by atoms with Crippen LogP contribution in [0.4, 0.5) is 11.6 Å². The molecule has 0 aliphatic carbocycles. The van der Waals surface area contributed by atoms with Gasteiger partial charge in [0.2, 0.25) is 5.95 Å². The van der Waals surface area contributed by atoms with Gasteiger partial charge in [-0.3, -0.25) is 14.7 Å². The second kappa shape index (κ2) is 5.78. The number of nitro benzene ring substituents is 1. The summed E-state index contributed by atoms with van der Waals surface area (Å²) in [4.78, 5) is 10.5. The van der Waals surface area contributed by atoms with Crippen molar-refractivity contribution in [1.29, 1.82) is 0 Å². The molecule has 0 spiro atoms. The van der Waals surface area contributed by atoms with E-state index in [-0.39, 0.29) is 11.4 Å². The Morgan fingerprint density at radius 1 is 1.50 bits per heavy atom. The van der Waals surface area contributed by atoms with Gasteiger partial charge in [0, 0.05) is 18.9 Å². The smallest absolute Gasteiger partial charge is 0.311 e. The molecule has 2 aromatic rings. The van der Waals surface area contributed by atoms with E-state index in [0.29, 0.717) is 16.9 Å². The minimum atomic E-state index is -0.465. The van der Waals surface area contributed by atoms with E-state index >= 15 is 0 Å². The van der Waals surface area contributed by atoms with Crippen LogP contribution in [0.15, 0.2) is 23.4 Å². The summed E-state index contributed by atoms with van der Waals surface area (Å²) in [5.74, 6) is 1.09. The number of rotatable bonds is 5. The van der Waals surface area contributed by atoms with Crippen LogP contribution >= 0.6 is 11.8 Å². The van der Waals surface area contributed by atoms with E-state index in [1.54, 1.807) is 23.7 Å². The Labute approximate surface area is 119 Å². The quantitative estimate of drug-likeness (QED) is 0.507. The van der Waals surface area contributed by atoms with Crippen molar-refractivity contribution in [1.82, 2.24) is 14.8 Å². The van der Waals surface area contributed by atoms with Crippen LogP contribution in [-0.4, -0.2) is 26.8 Å². The zero-order valence-electron chi connectivity index (χ0n) is 10.9. The van der Waals surface area contributed by atoms with E-state index < -0.39 is 4.92 Å². The predicted octanol–water partition coefficient (Wildman–Crippen LogP) is 1.61. The van der Waals surface area contributed by atoms with Crippen LogP contribution in [0.1, 0.15) is 5.56 Å². The summed E-state index contributed by atoms with van der Waals surface area (Å²) in [6.07, 6.45) is 0. The third-order valence-corrected chi connectivity index (χ3v) is 3.77. The molecule has 1 heterocycles. The molecular weight excluding hydrogens is 282 g/mol. The van der Waals surface area contributed by atoms with Gasteiger partial charge in [0.05, 0.1) is 12.0 Å². The summed E-state index contributed by atoms with van der Waals surface area (Å²) >= 11 is 1.40. The number of anilines is 1. The van der Waals surface area contributed by atoms with Gasteiger partial charge < -0.3 is 10.5 Å². The number of nitro groups is 1. The molecule has 9 heteroatoms. The summed E-state index contributed by atoms with van der Waals surface area (Å²) in [6, 6.07) is 4.85. The van der Waals surface area contributed by atoms with Crippen LogP contribution in [0, 0.1) is 10.1 Å². The number of benzene rings is 1. The monoisotopic (exact) mass is 295 g/mol. The molecule has 1 aromatic carbocycles. The SMILES string of the molecule is COc1ccc(CSc2nnc(N)n2C)cc1[N+](=O)[O-]. The molecule has 2 N–H and O–H groups in total. The highest BCUT2D eigenvalue weighted by Gasteiger charge is 2.15. The second-order valence-corrected chi connectivity index (χ2v) is 4.89. The zero-order chi connectivity index (χ0) is 14.7. The molecule has 0 aliphatic heterocycles. The molecule has 106 valence electrons. The number of ether oxygens (including phenoxy) is 1. The molecule has 0 fully saturated rings. The molecule has 0 aliphatic rings. The molecular formula is C11H13N5O3S. The van der Waals surface area contributed by atoms with Gasteiger partial charge in [-0.1, -0.05) is 17.8 Å². The maximum absolute atomic E-state index is 10.9. The highest BCUT2D eigenvalue weighted by atomic mass is 32.2. The Bertz CT molecular complexity index is 643. The summed E-state index contributed by atoms with van der Waals surface area (Å²) < 4.78 is 6.61. The Morgan fingerprint density at radius 2 is 2.25 bits per heavy atom. The number of hydrogen-bond donors (Lipinski definition) is 1. The fourth-order valence-corrected chi connectivity index (χ4v) is 2.43. The van der Waals surface area contributed by atoms with Gasteiger partial charge >= 0.3 is 5.69 Å². The fourth-order valence-electron chi connectivity index (χ4n) is 1.57. The van der Waals surface area contributed by atoms with Crippen molar-refractivity contribution in [3.63, 3.8) is 0 Å². The topological polar surface area (TPSA) is 109 Å². The van der Waals surface area contributed by atoms with Crippen LogP contribution in [-0.2, 0) is 12.8 Å². The molecule has 8 nitrogen and oxygen atoms in total. The molecule has 0 amide bonds. The first-order valence-corrected chi connectivity index (χ1v) is 6.60. The third kappa shape index (κ3) is 2.82. The summed E-state index contributed by atoms with van der Waals surface area (Å²) in [5, 5.41) is 19.3. The highest BCUT2D eigenvalue weighted by molar-refractivity contribution is 7.98. The number of aromatic nitrogens is 3. The first-order chi connectivity index (χ1) is 9.52. The maximum Gasteiger partial charge on any atom is 0.311 e. The lowest BCUT2D eigenvalue weighted by Crippen LogP contribution is -1.98. The van der Waals surface area contributed by atoms with Crippen LogP contribution in [0.2, 0.25) is 0 Å². The van der Waals surface area contributed by atoms with Crippen molar-refractivity contribution in [3.05, 3.63) is 33.9 Å². The third-order valence-electron chi connectivity index (χ3n) is 2.68. The van der Waals surface area contributed by atoms with Gasteiger partial charge in [-0.25, -0.2) is 0 Å². The first-order valence-electron chi connectivity index (χ1n) is 5.62. The normalized spacial score (nSPS) is 10.5. The molecule has 0 saturated carbocycles. The standard InChI is InChI=1S/C11H13N5O3S/c1-15-10(12)13-14-11(15)20-6-7-3-4-9(19-2)8(5-7)16(17)18/h3-5H,6H2,1-2H3,(H2,12,13). The van der Waals surface area contributed by atoms with Gasteiger partial charge in [-0.05, 0) is 11.6 Å². The van der Waals surface area contributed by atoms with Crippen molar-refractivity contribution in [3.8, 4) is 5.75 Å². The number of thioether (sulfide) groups is 1. The lowest BCUT2D eigenvalue weighted by Gasteiger charge is -2.05. The molecule has 1 aromatic heterocycles. The number of nitrogens with zero attached hydrogens (tertiary/aromatic N) is 4. The van der Waals surface area contributed by atoms with E-state index in [4.69, 9.17) is 10.5 Å². The van der Waals surface area contributed by atoms with E-state index in [0.717, 1.165) is 5.56 Å². The molecule has 2 rings (SSSR count). The summed E-state index contributed by atoms with van der Waals surface area (Å²) in [5.41, 5.74) is 6.32. The number of hydrogen-bond acceptors (Lipinski definition) is 7. The number of nitrogens with two attached hydrogens (primary N) is 1. The van der Waals surface area contributed by atoms with Crippen LogP contribution in [0.3, 0.4) is 0 Å². The van der Waals surface area contributed by atoms with E-state index in [9.17, 15) is 10.1 Å². The number of nitrogen functional groups attached to an aromatic ring is 1. The summed E-state index contributed by atoms with van der Waals surface area (Å²) in [7, 11) is 3.16. The Balaban J connectivity index is 2.16. The Kier molecular flexibility index (Phi) is 4.08. The lowest BCUT2D eigenvalue weighted by atomic mass is 10.2. The van der Waals surface area contributed by atoms with Crippen molar-refractivity contribution in [2.75, 3.05) is 12.8 Å². The van der Waals surface area contributed by atoms with Gasteiger partial charge in [-0.15, -0.1) is 10.2 Å². The van der Waals surface area contributed by atoms with Crippen LogP contribution in [0.25, 0.3) is 0 Å². The van der Waals surface area contributed by atoms with Crippen molar-refractivity contribution in [2.45, 2.75) is 10.9 Å². The van der Waals surface area contributed by atoms with E-state index in [2.05, 4.69) is 10.2 Å². The molecule has 0 bridgehead atoms. The maximum atomic E-state index is 10.9. The van der Waals surface area contributed by atoms with E-state index in [1.165, 1.54) is 24.9 Å². The largest absolute Gasteiger partial charge is 0.490 e. The molecule has 0 atom stereocenters. The summed E-state index contributed by atoms with van der Waals surface area (Å²) in [6.45, 7) is 0. The van der Waals surface area contributed by atoms with Crippen LogP contribution < -0.4 is 10.5 Å². The van der Waals surface area contributed by atoms with Gasteiger partial charge in [-0.2, -0.15) is 0 Å². The number of methoxy groups -OCH3 is 1. The predicted molar refractivity (Wildman–Crippen MR) is 74.6 cm³/mol. The fraction of sp³-hybridized carbons (Fsp3) is 0.273. The minimum absolute atomic E-state index is 0.0527. The van der Waals surface area contributed by atoms with Crippen molar-refractivity contribution >= 4 is 23.4 Å². The molecule has 20 heavy (non-hydrogen) atoms. The Morgan fingerprint density at radius 3 is 2.80 bits per heavy atom. The molecule has 0 saturated heterocycles. The highest BCUT2D eigenvalue weighted by Crippen LogP contribution is 2.30. The van der Waals surface area contributed by atoms with Gasteiger partial charge in [0.25, 0.3) is 0 Å². The van der Waals surface area contributed by atoms with E-state index in [1.807, 2.05) is 0 Å². The van der Waals surface area contributed by atoms with Gasteiger partial charge in [0.15, 0.2) is 10.9 Å². The van der Waals surface area contributed by atoms with Crippen LogP contribution in [0.5, 0.6) is 5.75 Å². The average Bonchev–Trinajstić information content (AvgIpc) is 2.76. The lowest BCUT2D eigenvalue weighted by molar-refractivity contribution is -0.385. The zero-order valence-corrected chi connectivity index (χ0v) is 11.8. The Hall–Kier alpha value is -2.29. The van der Waals surface area contributed by atoms with Crippen molar-refractivity contribution < 1.29 is 9.66 Å². The average molecular weight is 295 g/mol. The van der Waals surface area contributed by atoms with Crippen molar-refractivity contribution in [2.24, 2.45) is 7.05 Å². The second-order valence-electron chi connectivity index (χ2n) is 3.95. The molecule has 0 unspecified atom stereocenters. The first kappa shape index (κ1) is 14.1. The molecule has 0 radical (unpaired) electrons. The minimum Gasteiger partial charge on any atom is -0.490 e. The van der Waals surface area contributed by atoms with Gasteiger partial charge in [0.1, 0.15) is 0 Å².